The maximum Gasteiger partial charge on any atom is 0.270 e. The standard InChI is InChI=1S/C26H21N5O3/c27-22-7-2-1-6-20(22)26(32)28-13-12-16-8-10-24-21(14-16)19-9-11-23(29-25(19)30-24)17-4-3-5-18(15-17)31(33)34/h1-11,14-15H,12-13,27H2,(H,28,32)(H,29,30). The van der Waals surface area contributed by atoms with Gasteiger partial charge in [-0.15, -0.1) is 0 Å². The van der Waals surface area contributed by atoms with E-state index in [-0.39, 0.29) is 11.6 Å². The van der Waals surface area contributed by atoms with Gasteiger partial charge in [-0.3, -0.25) is 14.9 Å². The van der Waals surface area contributed by atoms with E-state index in [1.165, 1.54) is 12.1 Å². The molecule has 5 aromatic rings. The summed E-state index contributed by atoms with van der Waals surface area (Å²) in [6.07, 6.45) is 0.667. The van der Waals surface area contributed by atoms with Crippen molar-refractivity contribution in [1.29, 1.82) is 0 Å². The van der Waals surface area contributed by atoms with E-state index in [1.54, 1.807) is 36.4 Å². The van der Waals surface area contributed by atoms with Crippen LogP contribution in [0.2, 0.25) is 0 Å². The molecule has 0 atom stereocenters. The molecule has 2 aromatic heterocycles. The Bertz CT molecular complexity index is 1560. The average Bonchev–Trinajstić information content (AvgIpc) is 3.21. The summed E-state index contributed by atoms with van der Waals surface area (Å²) in [4.78, 5) is 31.1. The maximum atomic E-state index is 12.4. The summed E-state index contributed by atoms with van der Waals surface area (Å²) in [5.41, 5.74) is 10.9. The molecule has 8 nitrogen and oxygen atoms in total. The van der Waals surface area contributed by atoms with Gasteiger partial charge in [0.25, 0.3) is 11.6 Å². The van der Waals surface area contributed by atoms with E-state index in [0.29, 0.717) is 41.1 Å². The molecule has 168 valence electrons. The minimum absolute atomic E-state index is 0.0303. The molecular weight excluding hydrogens is 430 g/mol. The van der Waals surface area contributed by atoms with Gasteiger partial charge in [-0.25, -0.2) is 4.98 Å². The number of hydrogen-bond donors (Lipinski definition) is 3. The molecule has 0 aliphatic rings. The fraction of sp³-hybridized carbons (Fsp3) is 0.0769. The average molecular weight is 451 g/mol. The van der Waals surface area contributed by atoms with Crippen molar-refractivity contribution < 1.29 is 9.72 Å². The number of non-ortho nitro benzene ring substituents is 1. The van der Waals surface area contributed by atoms with Gasteiger partial charge in [-0.05, 0) is 48.4 Å². The Morgan fingerprint density at radius 1 is 1.00 bits per heavy atom. The van der Waals surface area contributed by atoms with Gasteiger partial charge in [-0.1, -0.05) is 30.3 Å². The number of H-pyrrole nitrogens is 1. The Hall–Kier alpha value is -4.72. The summed E-state index contributed by atoms with van der Waals surface area (Å²) in [5, 5.41) is 16.0. The Kier molecular flexibility index (Phi) is 5.39. The predicted molar refractivity (Wildman–Crippen MR) is 133 cm³/mol. The number of pyridine rings is 1. The van der Waals surface area contributed by atoms with E-state index >= 15 is 0 Å². The summed E-state index contributed by atoms with van der Waals surface area (Å²) in [6, 6.07) is 23.4. The zero-order valence-corrected chi connectivity index (χ0v) is 18.1. The lowest BCUT2D eigenvalue weighted by atomic mass is 10.1. The van der Waals surface area contributed by atoms with Crippen LogP contribution in [0.5, 0.6) is 0 Å². The highest BCUT2D eigenvalue weighted by Gasteiger charge is 2.12. The first-order valence-corrected chi connectivity index (χ1v) is 10.8. The third-order valence-electron chi connectivity index (χ3n) is 5.78. The lowest BCUT2D eigenvalue weighted by molar-refractivity contribution is -0.384. The lowest BCUT2D eigenvalue weighted by Crippen LogP contribution is -2.26. The van der Waals surface area contributed by atoms with E-state index in [0.717, 1.165) is 21.9 Å². The van der Waals surface area contributed by atoms with Gasteiger partial charge in [0.05, 0.1) is 16.2 Å². The van der Waals surface area contributed by atoms with Crippen LogP contribution in [-0.2, 0) is 6.42 Å². The van der Waals surface area contributed by atoms with Crippen LogP contribution in [0.3, 0.4) is 0 Å². The molecule has 0 aliphatic heterocycles. The number of carbonyl (C=O) groups is 1. The summed E-state index contributed by atoms with van der Waals surface area (Å²) in [7, 11) is 0. The van der Waals surface area contributed by atoms with E-state index in [2.05, 4.69) is 16.4 Å². The Balaban J connectivity index is 1.36. The molecule has 2 heterocycles. The van der Waals surface area contributed by atoms with Crippen LogP contribution in [0, 0.1) is 10.1 Å². The van der Waals surface area contributed by atoms with E-state index < -0.39 is 4.92 Å². The number of carbonyl (C=O) groups excluding carboxylic acids is 1. The van der Waals surface area contributed by atoms with Gasteiger partial charge >= 0.3 is 0 Å². The quantitative estimate of drug-likeness (QED) is 0.193. The van der Waals surface area contributed by atoms with Crippen molar-refractivity contribution in [3.05, 3.63) is 100 Å². The minimum atomic E-state index is -0.413. The fourth-order valence-electron chi connectivity index (χ4n) is 4.04. The van der Waals surface area contributed by atoms with Crippen molar-refractivity contribution in [3.8, 4) is 11.3 Å². The van der Waals surface area contributed by atoms with Crippen molar-refractivity contribution in [2.24, 2.45) is 0 Å². The van der Waals surface area contributed by atoms with Crippen molar-refractivity contribution in [1.82, 2.24) is 15.3 Å². The number of nitrogens with one attached hydrogen (secondary N) is 2. The number of aromatic nitrogens is 2. The molecule has 0 radical (unpaired) electrons. The van der Waals surface area contributed by atoms with Gasteiger partial charge in [-0.2, -0.15) is 0 Å². The molecule has 0 aliphatic carbocycles. The number of nitro groups is 1. The largest absolute Gasteiger partial charge is 0.398 e. The topological polar surface area (TPSA) is 127 Å². The minimum Gasteiger partial charge on any atom is -0.398 e. The number of rotatable bonds is 6. The number of amides is 1. The molecule has 0 unspecified atom stereocenters. The van der Waals surface area contributed by atoms with Crippen LogP contribution in [0.4, 0.5) is 11.4 Å². The fourth-order valence-corrected chi connectivity index (χ4v) is 4.04. The molecule has 8 heteroatoms. The van der Waals surface area contributed by atoms with Crippen molar-refractivity contribution in [2.75, 3.05) is 12.3 Å². The molecule has 34 heavy (non-hydrogen) atoms. The predicted octanol–water partition coefficient (Wildman–Crippen LogP) is 4.85. The van der Waals surface area contributed by atoms with E-state index in [4.69, 9.17) is 10.7 Å². The molecule has 0 saturated heterocycles. The van der Waals surface area contributed by atoms with Gasteiger partial charge in [0.1, 0.15) is 5.65 Å². The Morgan fingerprint density at radius 3 is 2.68 bits per heavy atom. The molecule has 5 rings (SSSR count). The van der Waals surface area contributed by atoms with Crippen LogP contribution in [0.15, 0.2) is 78.9 Å². The van der Waals surface area contributed by atoms with Crippen LogP contribution in [-0.4, -0.2) is 27.3 Å². The third-order valence-corrected chi connectivity index (χ3v) is 5.78. The highest BCUT2D eigenvalue weighted by atomic mass is 16.6. The number of aromatic amines is 1. The molecular formula is C26H21N5O3. The van der Waals surface area contributed by atoms with Gasteiger partial charge in [0.2, 0.25) is 0 Å². The molecule has 4 N–H and O–H groups in total. The zero-order valence-electron chi connectivity index (χ0n) is 18.1. The highest BCUT2D eigenvalue weighted by Crippen LogP contribution is 2.29. The van der Waals surface area contributed by atoms with E-state index in [9.17, 15) is 14.9 Å². The van der Waals surface area contributed by atoms with Crippen molar-refractivity contribution in [2.45, 2.75) is 6.42 Å². The number of fused-ring (bicyclic) bond motifs is 3. The smallest absolute Gasteiger partial charge is 0.270 e. The van der Waals surface area contributed by atoms with Gasteiger partial charge < -0.3 is 16.0 Å². The highest BCUT2D eigenvalue weighted by molar-refractivity contribution is 6.06. The first-order valence-electron chi connectivity index (χ1n) is 10.8. The summed E-state index contributed by atoms with van der Waals surface area (Å²) in [6.45, 7) is 0.482. The number of nitro benzene ring substituents is 1. The first-order chi connectivity index (χ1) is 16.5. The van der Waals surface area contributed by atoms with Crippen LogP contribution in [0.25, 0.3) is 33.2 Å². The summed E-state index contributed by atoms with van der Waals surface area (Å²) < 4.78 is 0. The second kappa shape index (κ2) is 8.67. The zero-order chi connectivity index (χ0) is 23.7. The Labute approximate surface area is 194 Å². The number of nitrogen functional groups attached to an aromatic ring is 1. The molecule has 0 fully saturated rings. The number of para-hydroxylation sites is 1. The first kappa shape index (κ1) is 21.1. The molecule has 0 spiro atoms. The maximum absolute atomic E-state index is 12.4. The second-order valence-corrected chi connectivity index (χ2v) is 8.00. The molecule has 0 saturated carbocycles. The van der Waals surface area contributed by atoms with Crippen LogP contribution < -0.4 is 11.1 Å². The normalized spacial score (nSPS) is 11.1. The molecule has 1 amide bonds. The number of benzene rings is 3. The summed E-state index contributed by atoms with van der Waals surface area (Å²) in [5.74, 6) is -0.191. The lowest BCUT2D eigenvalue weighted by Gasteiger charge is -2.07. The number of hydrogen-bond acceptors (Lipinski definition) is 5. The van der Waals surface area contributed by atoms with Crippen molar-refractivity contribution in [3.63, 3.8) is 0 Å². The van der Waals surface area contributed by atoms with Gasteiger partial charge in [0, 0.05) is 46.2 Å². The molecule has 3 aromatic carbocycles. The number of nitrogens with zero attached hydrogens (tertiary/aromatic N) is 2. The van der Waals surface area contributed by atoms with Crippen molar-refractivity contribution >= 4 is 39.2 Å². The SMILES string of the molecule is Nc1ccccc1C(=O)NCCc1ccc2[nH]c3nc(-c4cccc([N+](=O)[O-])c4)ccc3c2c1. The summed E-state index contributed by atoms with van der Waals surface area (Å²) >= 11 is 0. The Morgan fingerprint density at radius 2 is 1.85 bits per heavy atom. The number of anilines is 1. The van der Waals surface area contributed by atoms with E-state index in [1.807, 2.05) is 24.3 Å². The van der Waals surface area contributed by atoms with Crippen LogP contribution in [0.1, 0.15) is 15.9 Å². The van der Waals surface area contributed by atoms with Gasteiger partial charge in [0.15, 0.2) is 0 Å². The van der Waals surface area contributed by atoms with Crippen LogP contribution >= 0.6 is 0 Å². The monoisotopic (exact) mass is 451 g/mol. The second-order valence-electron chi connectivity index (χ2n) is 8.00. The molecule has 0 bridgehead atoms. The number of nitrogens with two attached hydrogens (primary N) is 1. The third kappa shape index (κ3) is 4.04.